The van der Waals surface area contributed by atoms with Gasteiger partial charge >= 0.3 is 8.25 Å². The van der Waals surface area contributed by atoms with E-state index in [1.807, 2.05) is 0 Å². The van der Waals surface area contributed by atoms with Gasteiger partial charge in [0.25, 0.3) is 0 Å². The molecule has 54 valence electrons. The Morgan fingerprint density at radius 3 is 2.56 bits per heavy atom. The average Bonchev–Trinajstić information content (AvgIpc) is 1.85. The molecule has 0 amide bonds. The summed E-state index contributed by atoms with van der Waals surface area (Å²) < 4.78 is 22.9. The van der Waals surface area contributed by atoms with Gasteiger partial charge in [0.05, 0.1) is 18.9 Å². The van der Waals surface area contributed by atoms with Crippen molar-refractivity contribution in [2.75, 3.05) is 14.2 Å². The fourth-order valence-electron chi connectivity index (χ4n) is 0.129. The Morgan fingerprint density at radius 2 is 2.11 bits per heavy atom. The van der Waals surface area contributed by atoms with Crippen molar-refractivity contribution in [3.8, 4) is 0 Å². The Bertz CT molecular complexity index is 87.0. The quantitative estimate of drug-likeness (QED) is 0.271. The number of rotatable bonds is 5. The maximum Gasteiger partial charge on any atom is 0.743 e. The van der Waals surface area contributed by atoms with E-state index < -0.39 is 8.25 Å². The van der Waals surface area contributed by atoms with Crippen LogP contribution in [0.1, 0.15) is 0 Å². The van der Waals surface area contributed by atoms with Crippen LogP contribution in [0.5, 0.6) is 0 Å². The monoisotopic (exact) mass is 173 g/mol. The van der Waals surface area contributed by atoms with Crippen LogP contribution in [0.15, 0.2) is 0 Å². The van der Waals surface area contributed by atoms with Crippen molar-refractivity contribution in [3.05, 3.63) is 0 Å². The molecular weight excluding hydrogens is 167 g/mol. The molecule has 0 aliphatic rings. The van der Waals surface area contributed by atoms with Crippen molar-refractivity contribution in [2.45, 2.75) is 0 Å². The van der Waals surface area contributed by atoms with Crippen molar-refractivity contribution >= 4 is 20.6 Å². The van der Waals surface area contributed by atoms with E-state index in [0.717, 1.165) is 0 Å². The standard InChI is InChI=1S/C2H6O5PS/c1-4-6-8(3)7-9-5-2/h1-2H3/q+1. The van der Waals surface area contributed by atoms with Crippen molar-refractivity contribution in [1.29, 1.82) is 0 Å². The smallest absolute Gasteiger partial charge is 0.291 e. The molecular formula is C2H6O5PS+. The highest BCUT2D eigenvalue weighted by molar-refractivity contribution is 7.92. The van der Waals surface area contributed by atoms with Crippen LogP contribution in [0, 0.1) is 0 Å². The van der Waals surface area contributed by atoms with E-state index in [-0.39, 0.29) is 0 Å². The largest absolute Gasteiger partial charge is 0.743 e. The fraction of sp³-hybridized carbons (Fsp3) is 1.00. The van der Waals surface area contributed by atoms with Crippen molar-refractivity contribution in [2.24, 2.45) is 0 Å². The van der Waals surface area contributed by atoms with E-state index in [1.54, 1.807) is 0 Å². The molecule has 0 heterocycles. The first-order chi connectivity index (χ1) is 4.31. The number of hydrogen-bond acceptors (Lipinski definition) is 6. The molecule has 0 aromatic heterocycles. The second kappa shape index (κ2) is 6.41. The summed E-state index contributed by atoms with van der Waals surface area (Å²) in [6.07, 6.45) is 0. The van der Waals surface area contributed by atoms with Gasteiger partial charge < -0.3 is 0 Å². The van der Waals surface area contributed by atoms with Gasteiger partial charge in [-0.15, -0.1) is 0 Å². The van der Waals surface area contributed by atoms with Gasteiger partial charge in [-0.3, -0.25) is 4.18 Å². The third-order valence-corrected chi connectivity index (χ3v) is 1.43. The Kier molecular flexibility index (Phi) is 6.62. The maximum absolute atomic E-state index is 10.3. The molecule has 0 spiro atoms. The summed E-state index contributed by atoms with van der Waals surface area (Å²) in [5, 5.41) is 0. The summed E-state index contributed by atoms with van der Waals surface area (Å²) in [6.45, 7) is 0. The summed E-state index contributed by atoms with van der Waals surface area (Å²) in [5.74, 6) is 0. The third-order valence-electron chi connectivity index (χ3n) is 0.295. The molecule has 1 atom stereocenters. The highest BCUT2D eigenvalue weighted by Crippen LogP contribution is 2.29. The zero-order valence-corrected chi connectivity index (χ0v) is 6.61. The van der Waals surface area contributed by atoms with Gasteiger partial charge in [0.1, 0.15) is 0 Å². The summed E-state index contributed by atoms with van der Waals surface area (Å²) >= 11 is 0.567. The molecule has 0 N–H and O–H groups in total. The van der Waals surface area contributed by atoms with Crippen LogP contribution in [0.4, 0.5) is 0 Å². The SMILES string of the molecule is COO[P+](=O)OSOC. The Labute approximate surface area is 57.9 Å². The molecule has 0 aliphatic heterocycles. The molecule has 0 radical (unpaired) electrons. The first-order valence-corrected chi connectivity index (χ1v) is 3.63. The molecule has 0 fully saturated rings. The van der Waals surface area contributed by atoms with Gasteiger partial charge in [-0.2, -0.15) is 4.89 Å². The lowest BCUT2D eigenvalue weighted by Crippen LogP contribution is -1.76. The summed E-state index contributed by atoms with van der Waals surface area (Å²) in [4.78, 5) is 4.02. The van der Waals surface area contributed by atoms with Gasteiger partial charge in [-0.05, 0) is 3.97 Å². The Morgan fingerprint density at radius 1 is 1.44 bits per heavy atom. The Balaban J connectivity index is 3.06. The predicted molar refractivity (Wildman–Crippen MR) is 31.4 cm³/mol. The molecule has 0 rings (SSSR count). The zero-order valence-electron chi connectivity index (χ0n) is 4.90. The summed E-state index contributed by atoms with van der Waals surface area (Å²) in [7, 11) is 0.385. The Hall–Kier alpha value is 0.290. The molecule has 1 unspecified atom stereocenters. The first-order valence-electron chi connectivity index (χ1n) is 1.86. The molecule has 0 saturated carbocycles. The lowest BCUT2D eigenvalue weighted by molar-refractivity contribution is -0.177. The molecule has 0 bridgehead atoms. The van der Waals surface area contributed by atoms with E-state index in [9.17, 15) is 4.57 Å². The lowest BCUT2D eigenvalue weighted by atomic mass is 11.8. The maximum atomic E-state index is 10.3. The zero-order chi connectivity index (χ0) is 7.11. The van der Waals surface area contributed by atoms with Crippen LogP contribution >= 0.6 is 20.6 Å². The molecule has 5 nitrogen and oxygen atoms in total. The normalized spacial score (nSPS) is 11.6. The van der Waals surface area contributed by atoms with Crippen LogP contribution < -0.4 is 0 Å². The summed E-state index contributed by atoms with van der Waals surface area (Å²) in [6, 6.07) is 0. The molecule has 9 heavy (non-hydrogen) atoms. The van der Waals surface area contributed by atoms with Crippen molar-refractivity contribution in [1.82, 2.24) is 0 Å². The van der Waals surface area contributed by atoms with E-state index in [2.05, 4.69) is 17.7 Å². The van der Waals surface area contributed by atoms with Gasteiger partial charge in [-0.25, -0.2) is 0 Å². The van der Waals surface area contributed by atoms with E-state index in [1.165, 1.54) is 14.2 Å². The lowest BCUT2D eigenvalue weighted by Gasteiger charge is -1.81. The minimum absolute atomic E-state index is 0.567. The van der Waals surface area contributed by atoms with Gasteiger partial charge in [0, 0.05) is 4.57 Å². The highest BCUT2D eigenvalue weighted by Gasteiger charge is 2.22. The van der Waals surface area contributed by atoms with E-state index in [0.29, 0.717) is 12.3 Å². The fourth-order valence-corrected chi connectivity index (χ4v) is 0.792. The van der Waals surface area contributed by atoms with Crippen LogP contribution in [0.2, 0.25) is 0 Å². The van der Waals surface area contributed by atoms with E-state index in [4.69, 9.17) is 0 Å². The van der Waals surface area contributed by atoms with Gasteiger partial charge in [0.15, 0.2) is 0 Å². The second-order valence-corrected chi connectivity index (χ2v) is 2.44. The molecule has 0 saturated heterocycles. The van der Waals surface area contributed by atoms with Crippen LogP contribution in [-0.2, 0) is 22.3 Å². The molecule has 0 aliphatic carbocycles. The van der Waals surface area contributed by atoms with Gasteiger partial charge in [-0.1, -0.05) is 0 Å². The average molecular weight is 173 g/mol. The third kappa shape index (κ3) is 6.17. The van der Waals surface area contributed by atoms with Crippen LogP contribution in [0.3, 0.4) is 0 Å². The second-order valence-electron chi connectivity index (χ2n) is 0.774. The molecule has 0 aromatic rings. The minimum Gasteiger partial charge on any atom is -0.291 e. The van der Waals surface area contributed by atoms with Crippen molar-refractivity contribution in [3.63, 3.8) is 0 Å². The van der Waals surface area contributed by atoms with Crippen LogP contribution in [-0.4, -0.2) is 14.2 Å². The molecule has 0 aromatic carbocycles. The highest BCUT2D eigenvalue weighted by atomic mass is 32.2. The van der Waals surface area contributed by atoms with Crippen molar-refractivity contribution < 1.29 is 22.3 Å². The van der Waals surface area contributed by atoms with E-state index >= 15 is 0 Å². The van der Waals surface area contributed by atoms with Crippen LogP contribution in [0.25, 0.3) is 0 Å². The first kappa shape index (κ1) is 9.29. The van der Waals surface area contributed by atoms with Gasteiger partial charge in [0.2, 0.25) is 12.3 Å². The number of hydrogen-bond donors (Lipinski definition) is 0. The topological polar surface area (TPSA) is 54.0 Å². The summed E-state index contributed by atoms with van der Waals surface area (Å²) in [5.41, 5.74) is 0. The predicted octanol–water partition coefficient (Wildman–Crippen LogP) is 1.45. The minimum atomic E-state index is -2.22. The molecule has 7 heteroatoms.